The van der Waals surface area contributed by atoms with Crippen LogP contribution in [0.25, 0.3) is 0 Å². The van der Waals surface area contributed by atoms with Gasteiger partial charge >= 0.3 is 11.9 Å². The molecule has 0 amide bonds. The van der Waals surface area contributed by atoms with Gasteiger partial charge in [-0.15, -0.1) is 11.3 Å². The third kappa shape index (κ3) is 5.77. The zero-order valence-corrected chi connectivity index (χ0v) is 23.1. The van der Waals surface area contributed by atoms with Gasteiger partial charge in [0, 0.05) is 40.9 Å². The maximum atomic E-state index is 13.9. The molecular weight excluding hydrogens is 567 g/mol. The van der Waals surface area contributed by atoms with Gasteiger partial charge in [0.25, 0.3) is 0 Å². The van der Waals surface area contributed by atoms with E-state index in [9.17, 15) is 19.1 Å². The summed E-state index contributed by atoms with van der Waals surface area (Å²) >= 11 is 4.81. The molecule has 0 aliphatic carbocycles. The second-order valence-electron chi connectivity index (χ2n) is 9.21. The van der Waals surface area contributed by atoms with Crippen LogP contribution in [-0.4, -0.2) is 71.7 Å². The van der Waals surface area contributed by atoms with Gasteiger partial charge in [-0.05, 0) is 38.5 Å². The van der Waals surface area contributed by atoms with Crippen LogP contribution in [0.3, 0.4) is 0 Å². The van der Waals surface area contributed by atoms with Crippen LogP contribution in [0.2, 0.25) is 0 Å². The molecule has 0 spiro atoms. The van der Waals surface area contributed by atoms with Gasteiger partial charge in [-0.3, -0.25) is 14.7 Å². The summed E-state index contributed by atoms with van der Waals surface area (Å²) in [6.07, 6.45) is 1.66. The smallest absolute Gasteiger partial charge is 0.338 e. The number of carbonyl (C=O) groups is 2. The van der Waals surface area contributed by atoms with Crippen molar-refractivity contribution in [2.45, 2.75) is 32.9 Å². The first kappa shape index (κ1) is 27.4. The Morgan fingerprint density at radius 1 is 1.41 bits per heavy atom. The molecule has 2 aliphatic rings. The van der Waals surface area contributed by atoms with Gasteiger partial charge in [-0.25, -0.2) is 14.2 Å². The topological polar surface area (TPSA) is 113 Å². The minimum Gasteiger partial charge on any atom is -0.481 e. The molecule has 9 nitrogen and oxygen atoms in total. The number of rotatable bonds is 8. The fourth-order valence-electron chi connectivity index (χ4n) is 4.40. The van der Waals surface area contributed by atoms with Crippen LogP contribution >= 0.6 is 27.3 Å². The monoisotopic (exact) mass is 594 g/mol. The van der Waals surface area contributed by atoms with E-state index in [1.807, 2.05) is 10.3 Å². The van der Waals surface area contributed by atoms with Crippen molar-refractivity contribution in [2.75, 3.05) is 32.9 Å². The number of carbonyl (C=O) groups excluding carboxylic acids is 1. The standard InChI is InChI=1S/C25H28BrFN4O5S/c1-4-36-23(32)19-17(12-31-8-9-35-13-18(31)25(2,3)24(33)34)29-21(22-28-7-10-37-22)30-20(19)15-6-5-14(27)11-16(15)26/h5-7,10-11,18,20H,4,8-9,12-13H2,1-3H3,(H,29,30)(H,33,34). The number of esters is 1. The van der Waals surface area contributed by atoms with Gasteiger partial charge in [-0.1, -0.05) is 22.0 Å². The van der Waals surface area contributed by atoms with E-state index in [0.717, 1.165) is 0 Å². The number of ether oxygens (including phenoxy) is 2. The fourth-order valence-corrected chi connectivity index (χ4v) is 5.56. The molecule has 1 fully saturated rings. The molecule has 3 heterocycles. The van der Waals surface area contributed by atoms with Crippen LogP contribution in [0, 0.1) is 11.2 Å². The molecule has 37 heavy (non-hydrogen) atoms. The highest BCUT2D eigenvalue weighted by molar-refractivity contribution is 9.10. The van der Waals surface area contributed by atoms with Crippen LogP contribution in [0.15, 0.2) is 50.5 Å². The number of halogens is 2. The number of carboxylic acid groups (broad SMARTS) is 1. The third-order valence-corrected chi connectivity index (χ3v) is 7.96. The Morgan fingerprint density at radius 3 is 2.84 bits per heavy atom. The van der Waals surface area contributed by atoms with E-state index >= 15 is 0 Å². The molecule has 0 saturated carbocycles. The number of hydrogen-bond acceptors (Lipinski definition) is 9. The Morgan fingerprint density at radius 2 is 2.19 bits per heavy atom. The summed E-state index contributed by atoms with van der Waals surface area (Å²) in [7, 11) is 0. The summed E-state index contributed by atoms with van der Waals surface area (Å²) in [5.74, 6) is -1.47. The van der Waals surface area contributed by atoms with Crippen molar-refractivity contribution in [2.24, 2.45) is 10.4 Å². The normalized spacial score (nSPS) is 20.8. The first-order valence-electron chi connectivity index (χ1n) is 11.8. The number of carboxylic acids is 1. The molecule has 4 rings (SSSR count). The Balaban J connectivity index is 1.84. The summed E-state index contributed by atoms with van der Waals surface area (Å²) in [4.78, 5) is 36.6. The molecule has 1 aromatic heterocycles. The second-order valence-corrected chi connectivity index (χ2v) is 11.0. The van der Waals surface area contributed by atoms with Crippen molar-refractivity contribution in [3.05, 3.63) is 61.9 Å². The van der Waals surface area contributed by atoms with Crippen LogP contribution in [-0.2, 0) is 19.1 Å². The van der Waals surface area contributed by atoms with Crippen LogP contribution in [0.4, 0.5) is 4.39 Å². The summed E-state index contributed by atoms with van der Waals surface area (Å²) in [5.41, 5.74) is 0.272. The molecule has 2 unspecified atom stereocenters. The lowest BCUT2D eigenvalue weighted by atomic mass is 9.83. The number of nitrogens with one attached hydrogen (secondary N) is 1. The van der Waals surface area contributed by atoms with E-state index < -0.39 is 35.3 Å². The SMILES string of the molecule is CCOC(=O)C1=C(CN2CCOCC2C(C)(C)C(=O)O)NC(c2nccs2)=NC1c1ccc(F)cc1Br. The molecule has 2 atom stereocenters. The fraction of sp³-hybridized carbons (Fsp3) is 0.440. The van der Waals surface area contributed by atoms with Gasteiger partial charge in [0.15, 0.2) is 10.8 Å². The maximum absolute atomic E-state index is 13.9. The lowest BCUT2D eigenvalue weighted by Gasteiger charge is -2.43. The molecule has 0 radical (unpaired) electrons. The maximum Gasteiger partial charge on any atom is 0.338 e. The molecule has 198 valence electrons. The predicted molar refractivity (Wildman–Crippen MR) is 140 cm³/mol. The van der Waals surface area contributed by atoms with Crippen molar-refractivity contribution in [3.8, 4) is 0 Å². The van der Waals surface area contributed by atoms with Gasteiger partial charge < -0.3 is 19.9 Å². The number of aliphatic carboxylic acids is 1. The summed E-state index contributed by atoms with van der Waals surface area (Å²) in [5, 5.41) is 15.6. The van der Waals surface area contributed by atoms with E-state index in [-0.39, 0.29) is 25.3 Å². The number of hydrogen-bond donors (Lipinski definition) is 2. The average molecular weight is 595 g/mol. The summed E-state index contributed by atoms with van der Waals surface area (Å²) in [6.45, 7) is 6.55. The van der Waals surface area contributed by atoms with Gasteiger partial charge in [0.2, 0.25) is 0 Å². The zero-order chi connectivity index (χ0) is 26.7. The minimum atomic E-state index is -1.11. The Hall–Kier alpha value is -2.67. The molecule has 2 aromatic rings. The van der Waals surface area contributed by atoms with Crippen molar-refractivity contribution >= 4 is 45.0 Å². The molecular formula is C25H28BrFN4O5S. The number of thiazole rings is 1. The lowest BCUT2D eigenvalue weighted by Crippen LogP contribution is -2.57. The van der Waals surface area contributed by atoms with E-state index in [0.29, 0.717) is 39.7 Å². The number of morpholine rings is 1. The van der Waals surface area contributed by atoms with E-state index in [4.69, 9.17) is 14.5 Å². The lowest BCUT2D eigenvalue weighted by molar-refractivity contribution is -0.156. The van der Waals surface area contributed by atoms with Crippen LogP contribution in [0.1, 0.15) is 37.4 Å². The quantitative estimate of drug-likeness (QED) is 0.444. The molecule has 1 aromatic carbocycles. The van der Waals surface area contributed by atoms with Crippen LogP contribution in [0.5, 0.6) is 0 Å². The predicted octanol–water partition coefficient (Wildman–Crippen LogP) is 3.76. The number of aliphatic imine (C=N–C) groups is 1. The highest BCUT2D eigenvalue weighted by atomic mass is 79.9. The Labute approximate surface area is 226 Å². The summed E-state index contributed by atoms with van der Waals surface area (Å²) < 4.78 is 25.5. The largest absolute Gasteiger partial charge is 0.481 e. The van der Waals surface area contributed by atoms with E-state index in [2.05, 4.69) is 26.2 Å². The zero-order valence-electron chi connectivity index (χ0n) is 20.7. The highest BCUT2D eigenvalue weighted by Gasteiger charge is 2.43. The van der Waals surface area contributed by atoms with E-state index in [1.165, 1.54) is 23.5 Å². The van der Waals surface area contributed by atoms with Crippen molar-refractivity contribution in [3.63, 3.8) is 0 Å². The van der Waals surface area contributed by atoms with Crippen molar-refractivity contribution in [1.82, 2.24) is 15.2 Å². The molecule has 12 heteroatoms. The molecule has 0 bridgehead atoms. The number of benzene rings is 1. The van der Waals surface area contributed by atoms with E-state index in [1.54, 1.807) is 33.0 Å². The minimum absolute atomic E-state index is 0.155. The number of amidine groups is 1. The third-order valence-electron chi connectivity index (χ3n) is 6.50. The number of nitrogens with zero attached hydrogens (tertiary/aromatic N) is 3. The van der Waals surface area contributed by atoms with Crippen molar-refractivity contribution < 1.29 is 28.6 Å². The first-order valence-corrected chi connectivity index (χ1v) is 13.5. The van der Waals surface area contributed by atoms with Gasteiger partial charge in [0.1, 0.15) is 11.9 Å². The second kappa shape index (κ2) is 11.4. The van der Waals surface area contributed by atoms with Gasteiger partial charge in [-0.2, -0.15) is 0 Å². The Kier molecular flexibility index (Phi) is 8.42. The first-order chi connectivity index (χ1) is 17.6. The number of aromatic nitrogens is 1. The molecule has 2 aliphatic heterocycles. The Bertz CT molecular complexity index is 1230. The summed E-state index contributed by atoms with van der Waals surface area (Å²) in [6, 6.07) is 2.97. The molecule has 1 saturated heterocycles. The van der Waals surface area contributed by atoms with Gasteiger partial charge in [0.05, 0.1) is 30.8 Å². The molecule has 2 N–H and O–H groups in total. The van der Waals surface area contributed by atoms with Crippen LogP contribution < -0.4 is 5.32 Å². The average Bonchev–Trinajstić information content (AvgIpc) is 3.39. The van der Waals surface area contributed by atoms with Crippen molar-refractivity contribution in [1.29, 1.82) is 0 Å². The highest BCUT2D eigenvalue weighted by Crippen LogP contribution is 2.38.